The summed E-state index contributed by atoms with van der Waals surface area (Å²) in [6.45, 7) is 2.99. The number of rotatable bonds is 3. The highest BCUT2D eigenvalue weighted by atomic mass is 16.5. The molecule has 2 amide bonds. The first-order valence-corrected chi connectivity index (χ1v) is 7.11. The molecule has 2 atom stereocenters. The number of morpholine rings is 1. The third-order valence-electron chi connectivity index (χ3n) is 3.67. The van der Waals surface area contributed by atoms with Gasteiger partial charge in [0, 0.05) is 13.1 Å². The molecule has 1 N–H and O–H groups in total. The summed E-state index contributed by atoms with van der Waals surface area (Å²) >= 11 is 0. The SMILES string of the molecule is CCOC(=O)C1CCCN1C(=O)N1CCOC(C(=O)O)C1. The molecule has 2 rings (SSSR count). The van der Waals surface area contributed by atoms with Crippen molar-refractivity contribution in [1.82, 2.24) is 9.80 Å². The minimum atomic E-state index is -1.09. The average molecular weight is 300 g/mol. The van der Waals surface area contributed by atoms with Crippen molar-refractivity contribution in [3.8, 4) is 0 Å². The van der Waals surface area contributed by atoms with Gasteiger partial charge in [0.1, 0.15) is 6.04 Å². The van der Waals surface area contributed by atoms with Crippen LogP contribution >= 0.6 is 0 Å². The Kier molecular flexibility index (Phi) is 5.00. The minimum absolute atomic E-state index is 0.000210. The number of urea groups is 1. The van der Waals surface area contributed by atoms with E-state index in [0.717, 1.165) is 6.42 Å². The first-order chi connectivity index (χ1) is 10.0. The van der Waals surface area contributed by atoms with Crippen molar-refractivity contribution in [3.63, 3.8) is 0 Å². The highest BCUT2D eigenvalue weighted by Crippen LogP contribution is 2.21. The lowest BCUT2D eigenvalue weighted by molar-refractivity contribution is -0.155. The van der Waals surface area contributed by atoms with Crippen molar-refractivity contribution in [3.05, 3.63) is 0 Å². The number of hydrogen-bond acceptors (Lipinski definition) is 5. The van der Waals surface area contributed by atoms with Gasteiger partial charge in [-0.2, -0.15) is 0 Å². The topological polar surface area (TPSA) is 96.4 Å². The molecule has 8 nitrogen and oxygen atoms in total. The molecule has 2 fully saturated rings. The van der Waals surface area contributed by atoms with E-state index >= 15 is 0 Å². The zero-order valence-electron chi connectivity index (χ0n) is 12.0. The fraction of sp³-hybridized carbons (Fsp3) is 0.769. The van der Waals surface area contributed by atoms with Crippen LogP contribution in [0.15, 0.2) is 0 Å². The highest BCUT2D eigenvalue weighted by Gasteiger charge is 2.39. The Morgan fingerprint density at radius 3 is 2.76 bits per heavy atom. The van der Waals surface area contributed by atoms with Crippen LogP contribution in [0.4, 0.5) is 4.79 Å². The van der Waals surface area contributed by atoms with Crippen molar-refractivity contribution in [1.29, 1.82) is 0 Å². The molecule has 2 aliphatic heterocycles. The molecule has 21 heavy (non-hydrogen) atoms. The van der Waals surface area contributed by atoms with E-state index in [1.54, 1.807) is 6.92 Å². The predicted molar refractivity (Wildman–Crippen MR) is 70.7 cm³/mol. The number of likely N-dealkylation sites (tertiary alicyclic amines) is 1. The van der Waals surface area contributed by atoms with Gasteiger partial charge in [-0.15, -0.1) is 0 Å². The zero-order chi connectivity index (χ0) is 15.4. The molecule has 2 unspecified atom stereocenters. The van der Waals surface area contributed by atoms with E-state index in [2.05, 4.69) is 0 Å². The first-order valence-electron chi connectivity index (χ1n) is 7.11. The fourth-order valence-electron chi connectivity index (χ4n) is 2.63. The van der Waals surface area contributed by atoms with Gasteiger partial charge in [-0.05, 0) is 19.8 Å². The number of nitrogens with zero attached hydrogens (tertiary/aromatic N) is 2. The van der Waals surface area contributed by atoms with Crippen molar-refractivity contribution in [2.75, 3.05) is 32.8 Å². The second kappa shape index (κ2) is 6.75. The summed E-state index contributed by atoms with van der Waals surface area (Å²) in [4.78, 5) is 38.2. The number of ether oxygens (including phenoxy) is 2. The number of esters is 1. The molecule has 118 valence electrons. The van der Waals surface area contributed by atoms with Gasteiger partial charge in [-0.3, -0.25) is 0 Å². The Morgan fingerprint density at radius 1 is 1.33 bits per heavy atom. The molecule has 2 aliphatic rings. The van der Waals surface area contributed by atoms with E-state index in [1.165, 1.54) is 9.80 Å². The Labute approximate surface area is 122 Å². The monoisotopic (exact) mass is 300 g/mol. The van der Waals surface area contributed by atoms with Crippen LogP contribution in [-0.4, -0.2) is 77.9 Å². The second-order valence-electron chi connectivity index (χ2n) is 5.03. The van der Waals surface area contributed by atoms with E-state index in [1.807, 2.05) is 0 Å². The highest BCUT2D eigenvalue weighted by molar-refractivity contribution is 5.85. The van der Waals surface area contributed by atoms with Gasteiger partial charge in [-0.25, -0.2) is 14.4 Å². The van der Waals surface area contributed by atoms with Crippen LogP contribution in [0.25, 0.3) is 0 Å². The van der Waals surface area contributed by atoms with E-state index < -0.39 is 24.1 Å². The van der Waals surface area contributed by atoms with E-state index in [0.29, 0.717) is 19.5 Å². The molecule has 0 aliphatic carbocycles. The van der Waals surface area contributed by atoms with Gasteiger partial charge in [0.25, 0.3) is 0 Å². The van der Waals surface area contributed by atoms with Crippen LogP contribution in [-0.2, 0) is 19.1 Å². The molecular weight excluding hydrogens is 280 g/mol. The Morgan fingerprint density at radius 2 is 2.10 bits per heavy atom. The van der Waals surface area contributed by atoms with Gasteiger partial charge in [0.2, 0.25) is 0 Å². The van der Waals surface area contributed by atoms with Crippen LogP contribution in [0.5, 0.6) is 0 Å². The Hall–Kier alpha value is -1.83. The molecule has 0 aromatic carbocycles. The number of hydrogen-bond donors (Lipinski definition) is 1. The minimum Gasteiger partial charge on any atom is -0.479 e. The molecule has 0 saturated carbocycles. The van der Waals surface area contributed by atoms with Crippen LogP contribution < -0.4 is 0 Å². The number of carbonyl (C=O) groups excluding carboxylic acids is 2. The normalized spacial score (nSPS) is 25.8. The summed E-state index contributed by atoms with van der Waals surface area (Å²) in [5.41, 5.74) is 0. The van der Waals surface area contributed by atoms with Gasteiger partial charge in [-0.1, -0.05) is 0 Å². The first kappa shape index (κ1) is 15.6. The lowest BCUT2D eigenvalue weighted by atomic mass is 10.2. The third kappa shape index (κ3) is 3.44. The van der Waals surface area contributed by atoms with Crippen molar-refractivity contribution in [2.45, 2.75) is 31.9 Å². The third-order valence-corrected chi connectivity index (χ3v) is 3.67. The summed E-state index contributed by atoms with van der Waals surface area (Å²) < 4.78 is 10.1. The van der Waals surface area contributed by atoms with Crippen molar-refractivity contribution in [2.24, 2.45) is 0 Å². The summed E-state index contributed by atoms with van der Waals surface area (Å²) in [6.07, 6.45) is 0.311. The Balaban J connectivity index is 2.01. The maximum Gasteiger partial charge on any atom is 0.334 e. The quantitative estimate of drug-likeness (QED) is 0.732. The number of carboxylic acids is 1. The molecule has 0 aromatic heterocycles. The van der Waals surface area contributed by atoms with Gasteiger partial charge in [0.05, 0.1) is 19.8 Å². The second-order valence-corrected chi connectivity index (χ2v) is 5.03. The van der Waals surface area contributed by atoms with Crippen molar-refractivity contribution >= 4 is 18.0 Å². The number of aliphatic carboxylic acids is 1. The lowest BCUT2D eigenvalue weighted by Gasteiger charge is -2.35. The standard InChI is InChI=1S/C13H20N2O6/c1-2-20-12(18)9-4-3-5-15(9)13(19)14-6-7-21-10(8-14)11(16)17/h9-10H,2-8H2,1H3,(H,16,17). The molecule has 2 saturated heterocycles. The Bertz CT molecular complexity index is 427. The predicted octanol–water partition coefficient (Wildman–Crippen LogP) is -0.0807. The summed E-state index contributed by atoms with van der Waals surface area (Å²) in [5.74, 6) is -1.48. The molecule has 0 spiro atoms. The van der Waals surface area contributed by atoms with Gasteiger partial charge < -0.3 is 24.4 Å². The van der Waals surface area contributed by atoms with E-state index in [4.69, 9.17) is 14.6 Å². The fourth-order valence-corrected chi connectivity index (χ4v) is 2.63. The summed E-state index contributed by atoms with van der Waals surface area (Å²) in [6, 6.07) is -0.885. The van der Waals surface area contributed by atoms with E-state index in [-0.39, 0.29) is 25.8 Å². The van der Waals surface area contributed by atoms with Gasteiger partial charge in [0.15, 0.2) is 6.10 Å². The van der Waals surface area contributed by atoms with Crippen LogP contribution in [0.2, 0.25) is 0 Å². The van der Waals surface area contributed by atoms with E-state index in [9.17, 15) is 14.4 Å². The summed E-state index contributed by atoms with van der Waals surface area (Å²) in [7, 11) is 0. The number of amides is 2. The largest absolute Gasteiger partial charge is 0.479 e. The number of carboxylic acid groups (broad SMARTS) is 1. The molecule has 0 radical (unpaired) electrons. The maximum atomic E-state index is 12.5. The van der Waals surface area contributed by atoms with Crippen molar-refractivity contribution < 1.29 is 29.0 Å². The summed E-state index contributed by atoms with van der Waals surface area (Å²) in [5, 5.41) is 8.96. The molecule has 2 heterocycles. The number of carbonyl (C=O) groups is 3. The smallest absolute Gasteiger partial charge is 0.334 e. The van der Waals surface area contributed by atoms with Crippen LogP contribution in [0.3, 0.4) is 0 Å². The molecule has 0 bridgehead atoms. The van der Waals surface area contributed by atoms with Crippen LogP contribution in [0.1, 0.15) is 19.8 Å². The molecule has 8 heteroatoms. The molecular formula is C13H20N2O6. The average Bonchev–Trinajstić information content (AvgIpc) is 2.96. The van der Waals surface area contributed by atoms with Crippen LogP contribution in [0, 0.1) is 0 Å². The maximum absolute atomic E-state index is 12.5. The lowest BCUT2D eigenvalue weighted by Crippen LogP contribution is -2.54. The molecule has 0 aromatic rings. The zero-order valence-corrected chi connectivity index (χ0v) is 12.0. The van der Waals surface area contributed by atoms with Gasteiger partial charge >= 0.3 is 18.0 Å².